The van der Waals surface area contributed by atoms with Gasteiger partial charge in [0.15, 0.2) is 0 Å². The highest BCUT2D eigenvalue weighted by Crippen LogP contribution is 2.22. The molecule has 0 heterocycles. The minimum atomic E-state index is 0.800. The fourth-order valence-electron chi connectivity index (χ4n) is 1.22. The highest BCUT2D eigenvalue weighted by Gasteiger charge is 1.99. The molecule has 0 aromatic heterocycles. The van der Waals surface area contributed by atoms with Gasteiger partial charge in [-0.2, -0.15) is 5.26 Å². The molecular weight excluding hydrogens is 190 g/mol. The molecule has 1 aromatic rings. The van der Waals surface area contributed by atoms with Gasteiger partial charge < -0.3 is 0 Å². The Morgan fingerprint density at radius 2 is 2.07 bits per heavy atom. The molecule has 0 atom stereocenters. The Morgan fingerprint density at radius 3 is 2.79 bits per heavy atom. The Labute approximate surface area is 90.1 Å². The monoisotopic (exact) mass is 205 g/mol. The van der Waals surface area contributed by atoms with Gasteiger partial charge in [0.25, 0.3) is 0 Å². The summed E-state index contributed by atoms with van der Waals surface area (Å²) in [5.74, 6) is 1.12. The molecular formula is C12H15NS. The first kappa shape index (κ1) is 11.1. The molecule has 0 saturated carbocycles. The summed E-state index contributed by atoms with van der Waals surface area (Å²) in [5.41, 5.74) is 0.800. The van der Waals surface area contributed by atoms with Gasteiger partial charge >= 0.3 is 0 Å². The maximum atomic E-state index is 8.86. The molecule has 0 bridgehead atoms. The van der Waals surface area contributed by atoms with E-state index in [1.807, 2.05) is 24.3 Å². The second-order valence-electron chi connectivity index (χ2n) is 3.16. The zero-order valence-electron chi connectivity index (χ0n) is 8.49. The number of unbranched alkanes of at least 4 members (excludes halogenated alkanes) is 2. The third-order valence-corrected chi connectivity index (χ3v) is 3.17. The molecule has 0 saturated heterocycles. The number of rotatable bonds is 5. The quantitative estimate of drug-likeness (QED) is 0.538. The summed E-state index contributed by atoms with van der Waals surface area (Å²) in [5, 5.41) is 8.86. The summed E-state index contributed by atoms with van der Waals surface area (Å²) in [6.45, 7) is 2.20. The number of benzene rings is 1. The number of nitriles is 1. The Balaban J connectivity index is 2.46. The molecule has 0 radical (unpaired) electrons. The van der Waals surface area contributed by atoms with Crippen LogP contribution in [0.5, 0.6) is 0 Å². The average Bonchev–Trinajstić information content (AvgIpc) is 2.25. The molecule has 2 heteroatoms. The highest BCUT2D eigenvalue weighted by atomic mass is 32.2. The lowest BCUT2D eigenvalue weighted by molar-refractivity contribution is 0.778. The van der Waals surface area contributed by atoms with Crippen molar-refractivity contribution in [1.29, 1.82) is 5.26 Å². The summed E-state index contributed by atoms with van der Waals surface area (Å²) in [7, 11) is 0. The Hall–Kier alpha value is -0.940. The fraction of sp³-hybridized carbons (Fsp3) is 0.417. The van der Waals surface area contributed by atoms with E-state index < -0.39 is 0 Å². The van der Waals surface area contributed by atoms with Crippen molar-refractivity contribution in [2.45, 2.75) is 31.1 Å². The maximum Gasteiger partial charge on any atom is 0.100 e. The molecule has 0 aliphatic carbocycles. The van der Waals surface area contributed by atoms with Gasteiger partial charge in [-0.25, -0.2) is 0 Å². The molecule has 0 unspecified atom stereocenters. The molecule has 14 heavy (non-hydrogen) atoms. The van der Waals surface area contributed by atoms with Crippen molar-refractivity contribution in [2.24, 2.45) is 0 Å². The van der Waals surface area contributed by atoms with E-state index in [9.17, 15) is 0 Å². The van der Waals surface area contributed by atoms with E-state index in [0.717, 1.165) is 16.2 Å². The minimum Gasteiger partial charge on any atom is -0.192 e. The number of thioether (sulfide) groups is 1. The van der Waals surface area contributed by atoms with Crippen LogP contribution in [-0.2, 0) is 0 Å². The second kappa shape index (κ2) is 6.50. The van der Waals surface area contributed by atoms with E-state index in [4.69, 9.17) is 5.26 Å². The summed E-state index contributed by atoms with van der Waals surface area (Å²) in [4.78, 5) is 1.12. The third-order valence-electron chi connectivity index (χ3n) is 2.01. The van der Waals surface area contributed by atoms with Gasteiger partial charge in [-0.3, -0.25) is 0 Å². The first-order chi connectivity index (χ1) is 6.88. The van der Waals surface area contributed by atoms with Crippen molar-refractivity contribution in [3.63, 3.8) is 0 Å². The molecule has 0 fully saturated rings. The predicted molar refractivity (Wildman–Crippen MR) is 61.4 cm³/mol. The van der Waals surface area contributed by atoms with Crippen LogP contribution in [0.3, 0.4) is 0 Å². The SMILES string of the molecule is CCCCCSc1ccccc1C#N. The Morgan fingerprint density at radius 1 is 1.29 bits per heavy atom. The van der Waals surface area contributed by atoms with E-state index in [1.165, 1.54) is 19.3 Å². The van der Waals surface area contributed by atoms with Crippen LogP contribution in [0.2, 0.25) is 0 Å². The van der Waals surface area contributed by atoms with Gasteiger partial charge in [-0.15, -0.1) is 11.8 Å². The van der Waals surface area contributed by atoms with Gasteiger partial charge in [0.2, 0.25) is 0 Å². The van der Waals surface area contributed by atoms with Crippen LogP contribution in [0.1, 0.15) is 31.7 Å². The molecule has 1 rings (SSSR count). The van der Waals surface area contributed by atoms with Crippen LogP contribution >= 0.6 is 11.8 Å². The third kappa shape index (κ3) is 3.43. The van der Waals surface area contributed by atoms with E-state index in [0.29, 0.717) is 0 Å². The van der Waals surface area contributed by atoms with E-state index in [2.05, 4.69) is 13.0 Å². The average molecular weight is 205 g/mol. The Bertz CT molecular complexity index is 314. The summed E-state index contributed by atoms with van der Waals surface area (Å²) < 4.78 is 0. The van der Waals surface area contributed by atoms with Crippen LogP contribution in [0.15, 0.2) is 29.2 Å². The second-order valence-corrected chi connectivity index (χ2v) is 4.30. The molecule has 0 aliphatic rings. The zero-order chi connectivity index (χ0) is 10.2. The minimum absolute atomic E-state index is 0.800. The topological polar surface area (TPSA) is 23.8 Å². The maximum absolute atomic E-state index is 8.86. The molecule has 0 spiro atoms. The molecule has 0 amide bonds. The van der Waals surface area contributed by atoms with Crippen LogP contribution in [0.4, 0.5) is 0 Å². The molecule has 0 N–H and O–H groups in total. The molecule has 1 nitrogen and oxygen atoms in total. The van der Waals surface area contributed by atoms with Crippen molar-refractivity contribution in [3.8, 4) is 6.07 Å². The lowest BCUT2D eigenvalue weighted by atomic mass is 10.2. The van der Waals surface area contributed by atoms with Gasteiger partial charge in [0, 0.05) is 4.90 Å². The predicted octanol–water partition coefficient (Wildman–Crippen LogP) is 3.84. The smallest absolute Gasteiger partial charge is 0.100 e. The largest absolute Gasteiger partial charge is 0.192 e. The van der Waals surface area contributed by atoms with Crippen molar-refractivity contribution >= 4 is 11.8 Å². The number of nitrogens with zero attached hydrogens (tertiary/aromatic N) is 1. The summed E-state index contributed by atoms with van der Waals surface area (Å²) in [6.07, 6.45) is 3.77. The number of hydrogen-bond donors (Lipinski definition) is 0. The van der Waals surface area contributed by atoms with Crippen molar-refractivity contribution < 1.29 is 0 Å². The highest BCUT2D eigenvalue weighted by molar-refractivity contribution is 7.99. The fourth-order valence-corrected chi connectivity index (χ4v) is 2.23. The number of hydrogen-bond acceptors (Lipinski definition) is 2. The normalized spacial score (nSPS) is 9.71. The summed E-state index contributed by atoms with van der Waals surface area (Å²) in [6, 6.07) is 10.0. The van der Waals surface area contributed by atoms with Crippen LogP contribution in [0, 0.1) is 11.3 Å². The van der Waals surface area contributed by atoms with E-state index >= 15 is 0 Å². The van der Waals surface area contributed by atoms with Crippen LogP contribution in [-0.4, -0.2) is 5.75 Å². The summed E-state index contributed by atoms with van der Waals surface area (Å²) >= 11 is 1.79. The van der Waals surface area contributed by atoms with Gasteiger partial charge in [-0.1, -0.05) is 31.9 Å². The van der Waals surface area contributed by atoms with Crippen molar-refractivity contribution in [2.75, 3.05) is 5.75 Å². The molecule has 1 aromatic carbocycles. The molecule has 74 valence electrons. The van der Waals surface area contributed by atoms with E-state index in [1.54, 1.807) is 11.8 Å². The zero-order valence-corrected chi connectivity index (χ0v) is 9.31. The molecule has 0 aliphatic heterocycles. The van der Waals surface area contributed by atoms with E-state index in [-0.39, 0.29) is 0 Å². The van der Waals surface area contributed by atoms with Crippen molar-refractivity contribution in [3.05, 3.63) is 29.8 Å². The van der Waals surface area contributed by atoms with Crippen molar-refractivity contribution in [1.82, 2.24) is 0 Å². The van der Waals surface area contributed by atoms with Gasteiger partial charge in [-0.05, 0) is 24.3 Å². The van der Waals surface area contributed by atoms with Gasteiger partial charge in [0.05, 0.1) is 5.56 Å². The first-order valence-electron chi connectivity index (χ1n) is 5.00. The lowest BCUT2D eigenvalue weighted by Gasteiger charge is -2.02. The van der Waals surface area contributed by atoms with Gasteiger partial charge in [0.1, 0.15) is 6.07 Å². The van der Waals surface area contributed by atoms with Crippen LogP contribution < -0.4 is 0 Å². The Kier molecular flexibility index (Phi) is 5.17. The standard InChI is InChI=1S/C12H15NS/c1-2-3-6-9-14-12-8-5-4-7-11(12)10-13/h4-5,7-8H,2-3,6,9H2,1H3. The van der Waals surface area contributed by atoms with Crippen LogP contribution in [0.25, 0.3) is 0 Å². The first-order valence-corrected chi connectivity index (χ1v) is 5.99. The lowest BCUT2D eigenvalue weighted by Crippen LogP contribution is -1.83.